The monoisotopic (exact) mass is 319 g/mol. The van der Waals surface area contributed by atoms with Crippen molar-refractivity contribution in [2.24, 2.45) is 0 Å². The van der Waals surface area contributed by atoms with E-state index >= 15 is 0 Å². The molecule has 2 aromatic rings. The molecule has 2 amide bonds. The highest BCUT2D eigenvalue weighted by molar-refractivity contribution is 6.56. The molecule has 1 aliphatic rings. The van der Waals surface area contributed by atoms with Crippen LogP contribution in [0.3, 0.4) is 0 Å². The molecule has 2 aromatic carbocycles. The van der Waals surface area contributed by atoms with Crippen LogP contribution in [-0.4, -0.2) is 17.6 Å². The number of carbonyl (C=O) groups excluding carboxylic acids is 3. The van der Waals surface area contributed by atoms with E-state index in [1.54, 1.807) is 12.1 Å². The third-order valence-corrected chi connectivity index (χ3v) is 3.69. The molecule has 3 rings (SSSR count). The minimum Gasteiger partial charge on any atom is -0.283 e. The summed E-state index contributed by atoms with van der Waals surface area (Å²) in [7, 11) is 0. The summed E-state index contributed by atoms with van der Waals surface area (Å²) in [4.78, 5) is 37.6. The van der Waals surface area contributed by atoms with Crippen molar-refractivity contribution in [1.82, 2.24) is 0 Å². The average Bonchev–Trinajstić information content (AvgIpc) is 2.47. The van der Waals surface area contributed by atoms with E-state index in [1.165, 1.54) is 30.3 Å². The molecule has 0 atom stereocenters. The Morgan fingerprint density at radius 2 is 1.48 bits per heavy atom. The number of rotatable bonds is 1. The number of carbonyl (C=O) groups is 3. The highest BCUT2D eigenvalue weighted by Crippen LogP contribution is 2.32. The van der Waals surface area contributed by atoms with Crippen LogP contribution in [-0.2, 0) is 4.79 Å². The first-order valence-corrected chi connectivity index (χ1v) is 6.73. The Labute approximate surface area is 129 Å². The first-order chi connectivity index (χ1) is 10.0. The molecule has 1 aliphatic heterocycles. The molecule has 0 saturated heterocycles. The van der Waals surface area contributed by atoms with Crippen molar-refractivity contribution in [3.8, 4) is 0 Å². The van der Waals surface area contributed by atoms with Gasteiger partial charge in [-0.15, -0.1) is 0 Å². The zero-order valence-corrected chi connectivity index (χ0v) is 12.0. The SMILES string of the molecule is O=C1C(=O)N(c2ccc(Cl)cc2Cl)C(=O)c2ccccc21. The van der Waals surface area contributed by atoms with Gasteiger partial charge in [0.2, 0.25) is 0 Å². The van der Waals surface area contributed by atoms with Crippen LogP contribution in [0.2, 0.25) is 10.0 Å². The van der Waals surface area contributed by atoms with E-state index in [0.29, 0.717) is 5.02 Å². The quantitative estimate of drug-likeness (QED) is 0.598. The van der Waals surface area contributed by atoms with Crippen LogP contribution in [0, 0.1) is 0 Å². The number of hydrogen-bond acceptors (Lipinski definition) is 3. The molecule has 0 aromatic heterocycles. The van der Waals surface area contributed by atoms with Crippen LogP contribution in [0.4, 0.5) is 5.69 Å². The van der Waals surface area contributed by atoms with Gasteiger partial charge in [0.15, 0.2) is 0 Å². The molecule has 1 heterocycles. The second kappa shape index (κ2) is 4.98. The Kier molecular flexibility index (Phi) is 3.27. The molecule has 0 radical (unpaired) electrons. The molecule has 0 bridgehead atoms. The molecule has 0 aliphatic carbocycles. The highest BCUT2D eigenvalue weighted by Gasteiger charge is 2.39. The fourth-order valence-electron chi connectivity index (χ4n) is 2.18. The van der Waals surface area contributed by atoms with Crippen LogP contribution >= 0.6 is 23.2 Å². The molecule has 21 heavy (non-hydrogen) atoms. The summed E-state index contributed by atoms with van der Waals surface area (Å²) in [6, 6.07) is 10.5. The average molecular weight is 320 g/mol. The predicted molar refractivity (Wildman–Crippen MR) is 79.1 cm³/mol. The predicted octanol–water partition coefficient (Wildman–Crippen LogP) is 3.36. The van der Waals surface area contributed by atoms with E-state index in [2.05, 4.69) is 0 Å². The van der Waals surface area contributed by atoms with Crippen LogP contribution in [0.25, 0.3) is 0 Å². The maximum Gasteiger partial charge on any atom is 0.306 e. The summed E-state index contributed by atoms with van der Waals surface area (Å²) in [6.07, 6.45) is 0. The molecule has 0 N–H and O–H groups in total. The van der Waals surface area contributed by atoms with Crippen LogP contribution in [0.5, 0.6) is 0 Å². The lowest BCUT2D eigenvalue weighted by molar-refractivity contribution is -0.114. The van der Waals surface area contributed by atoms with E-state index in [0.717, 1.165) is 4.90 Å². The number of hydrogen-bond donors (Lipinski definition) is 0. The fourth-order valence-corrected chi connectivity index (χ4v) is 2.67. The fraction of sp³-hybridized carbons (Fsp3) is 0. The maximum atomic E-state index is 12.5. The highest BCUT2D eigenvalue weighted by atomic mass is 35.5. The zero-order chi connectivity index (χ0) is 15.1. The molecule has 0 saturated carbocycles. The van der Waals surface area contributed by atoms with Gasteiger partial charge in [0.05, 0.1) is 16.3 Å². The maximum absolute atomic E-state index is 12.5. The third-order valence-electron chi connectivity index (χ3n) is 3.15. The summed E-state index contributed by atoms with van der Waals surface area (Å²) < 4.78 is 0. The van der Waals surface area contributed by atoms with Gasteiger partial charge < -0.3 is 0 Å². The minimum absolute atomic E-state index is 0.105. The molecule has 0 spiro atoms. The van der Waals surface area contributed by atoms with Crippen LogP contribution < -0.4 is 4.90 Å². The molecular weight excluding hydrogens is 313 g/mol. The summed E-state index contributed by atoms with van der Waals surface area (Å²) in [6.45, 7) is 0. The van der Waals surface area contributed by atoms with Gasteiger partial charge in [0, 0.05) is 10.6 Å². The molecule has 6 heteroatoms. The van der Waals surface area contributed by atoms with Crippen molar-refractivity contribution in [2.75, 3.05) is 4.90 Å². The summed E-state index contributed by atoms with van der Waals surface area (Å²) in [5, 5.41) is 0.490. The van der Waals surface area contributed by atoms with Gasteiger partial charge in [0.25, 0.3) is 11.7 Å². The van der Waals surface area contributed by atoms with Crippen molar-refractivity contribution in [3.63, 3.8) is 0 Å². The number of halogens is 2. The number of Topliss-reactive ketones (excluding diaryl/α,β-unsaturated/α-hetero) is 1. The van der Waals surface area contributed by atoms with Gasteiger partial charge in [-0.1, -0.05) is 41.4 Å². The van der Waals surface area contributed by atoms with Crippen molar-refractivity contribution in [2.45, 2.75) is 0 Å². The molecule has 4 nitrogen and oxygen atoms in total. The normalized spacial score (nSPS) is 14.4. The lowest BCUT2D eigenvalue weighted by atomic mass is 9.97. The molecular formula is C15H7Cl2NO3. The minimum atomic E-state index is -0.928. The Morgan fingerprint density at radius 3 is 2.14 bits per heavy atom. The number of ketones is 1. The van der Waals surface area contributed by atoms with Crippen LogP contribution in [0.15, 0.2) is 42.5 Å². The molecule has 104 valence electrons. The standard InChI is InChI=1S/C15H7Cl2NO3/c16-8-5-6-12(11(17)7-8)18-14(20)10-4-2-1-3-9(10)13(19)15(18)21/h1-7H. The first-order valence-electron chi connectivity index (χ1n) is 5.98. The number of benzene rings is 2. The van der Waals surface area contributed by atoms with Crippen molar-refractivity contribution in [1.29, 1.82) is 0 Å². The Balaban J connectivity index is 2.19. The molecule has 0 unspecified atom stereocenters. The summed E-state index contributed by atoms with van der Waals surface area (Å²) >= 11 is 11.8. The summed E-state index contributed by atoms with van der Waals surface area (Å²) in [5.74, 6) is -2.25. The van der Waals surface area contributed by atoms with Gasteiger partial charge >= 0.3 is 5.91 Å². The number of imide groups is 1. The van der Waals surface area contributed by atoms with Crippen molar-refractivity contribution in [3.05, 3.63) is 63.6 Å². The second-order valence-electron chi connectivity index (χ2n) is 4.42. The van der Waals surface area contributed by atoms with Gasteiger partial charge in [0.1, 0.15) is 0 Å². The number of anilines is 1. The van der Waals surface area contributed by atoms with Gasteiger partial charge in [-0.25, -0.2) is 4.90 Å². The Bertz CT molecular complexity index is 801. The topological polar surface area (TPSA) is 54.5 Å². The Morgan fingerprint density at radius 1 is 0.810 bits per heavy atom. The Hall–Kier alpha value is -2.17. The van der Waals surface area contributed by atoms with E-state index < -0.39 is 17.6 Å². The first kappa shape index (κ1) is 13.8. The van der Waals surface area contributed by atoms with Crippen molar-refractivity contribution >= 4 is 46.5 Å². The largest absolute Gasteiger partial charge is 0.306 e. The summed E-state index contributed by atoms with van der Waals surface area (Å²) in [5.41, 5.74) is 0.417. The second-order valence-corrected chi connectivity index (χ2v) is 5.26. The molecule has 0 fully saturated rings. The number of amides is 2. The third kappa shape index (κ3) is 2.13. The number of fused-ring (bicyclic) bond motifs is 1. The van der Waals surface area contributed by atoms with Gasteiger partial charge in [-0.3, -0.25) is 14.4 Å². The lowest BCUT2D eigenvalue weighted by Gasteiger charge is -2.26. The van der Waals surface area contributed by atoms with Crippen LogP contribution in [0.1, 0.15) is 20.7 Å². The van der Waals surface area contributed by atoms with Gasteiger partial charge in [-0.2, -0.15) is 0 Å². The number of nitrogens with zero attached hydrogens (tertiary/aromatic N) is 1. The van der Waals surface area contributed by atoms with Gasteiger partial charge in [-0.05, 0) is 24.3 Å². The van der Waals surface area contributed by atoms with E-state index in [1.807, 2.05) is 0 Å². The van der Waals surface area contributed by atoms with E-state index in [4.69, 9.17) is 23.2 Å². The zero-order valence-electron chi connectivity index (χ0n) is 10.5. The van der Waals surface area contributed by atoms with E-state index in [-0.39, 0.29) is 21.8 Å². The lowest BCUT2D eigenvalue weighted by Crippen LogP contribution is -2.46. The van der Waals surface area contributed by atoms with E-state index in [9.17, 15) is 14.4 Å². The smallest absolute Gasteiger partial charge is 0.283 e. The van der Waals surface area contributed by atoms with Crippen molar-refractivity contribution < 1.29 is 14.4 Å².